The number of aliphatic hydroxyl groups excluding tert-OH is 1. The first-order valence-electron chi connectivity index (χ1n) is 2.63. The van der Waals surface area contributed by atoms with Crippen LogP contribution in [0.1, 0.15) is 13.8 Å². The lowest BCUT2D eigenvalue weighted by Crippen LogP contribution is -2.27. The van der Waals surface area contributed by atoms with Crippen LogP contribution in [0.4, 0.5) is 0 Å². The zero-order chi connectivity index (χ0) is 7.44. The van der Waals surface area contributed by atoms with Crippen LogP contribution in [0.5, 0.6) is 0 Å². The van der Waals surface area contributed by atoms with Crippen molar-refractivity contribution in [2.24, 2.45) is 5.92 Å². The standard InChI is InChI=1S/C5H10O4/c1-3(2)4(6)5(7)9-8/h3-4,6,8H,1-2H3. The van der Waals surface area contributed by atoms with Crippen LogP contribution in [-0.4, -0.2) is 22.4 Å². The molecule has 1 atom stereocenters. The van der Waals surface area contributed by atoms with Gasteiger partial charge in [-0.3, -0.25) is 4.89 Å². The molecular weight excluding hydrogens is 124 g/mol. The van der Waals surface area contributed by atoms with Crippen molar-refractivity contribution in [2.45, 2.75) is 20.0 Å². The van der Waals surface area contributed by atoms with Gasteiger partial charge in [0, 0.05) is 0 Å². The predicted octanol–water partition coefficient (Wildman–Crippen LogP) is 0.0195. The minimum atomic E-state index is -1.23. The summed E-state index contributed by atoms with van der Waals surface area (Å²) in [7, 11) is 0. The molecule has 0 aromatic carbocycles. The first-order chi connectivity index (χ1) is 4.09. The highest BCUT2D eigenvalue weighted by molar-refractivity contribution is 5.73. The molecule has 0 rings (SSSR count). The quantitative estimate of drug-likeness (QED) is 0.412. The van der Waals surface area contributed by atoms with Gasteiger partial charge in [0.1, 0.15) is 0 Å². The van der Waals surface area contributed by atoms with Crippen LogP contribution >= 0.6 is 0 Å². The van der Waals surface area contributed by atoms with Gasteiger partial charge < -0.3 is 5.11 Å². The van der Waals surface area contributed by atoms with Gasteiger partial charge in [0.15, 0.2) is 6.10 Å². The van der Waals surface area contributed by atoms with Crippen molar-refractivity contribution in [2.75, 3.05) is 0 Å². The average Bonchev–Trinajstić information content (AvgIpc) is 1.84. The first kappa shape index (κ1) is 8.39. The molecule has 0 heterocycles. The van der Waals surface area contributed by atoms with E-state index in [4.69, 9.17) is 10.4 Å². The van der Waals surface area contributed by atoms with Crippen LogP contribution in [0.15, 0.2) is 0 Å². The summed E-state index contributed by atoms with van der Waals surface area (Å²) in [5.41, 5.74) is 0. The fourth-order valence-corrected chi connectivity index (χ4v) is 0.326. The number of hydrogen-bond donors (Lipinski definition) is 2. The Balaban J connectivity index is 3.72. The molecule has 1 unspecified atom stereocenters. The Labute approximate surface area is 53.0 Å². The zero-order valence-electron chi connectivity index (χ0n) is 5.37. The third-order valence-corrected chi connectivity index (χ3v) is 0.963. The third-order valence-electron chi connectivity index (χ3n) is 0.963. The first-order valence-corrected chi connectivity index (χ1v) is 2.63. The van der Waals surface area contributed by atoms with Crippen LogP contribution in [0.2, 0.25) is 0 Å². The van der Waals surface area contributed by atoms with E-state index in [1.165, 1.54) is 0 Å². The van der Waals surface area contributed by atoms with Gasteiger partial charge in [-0.25, -0.2) is 4.79 Å². The van der Waals surface area contributed by atoms with Gasteiger partial charge in [0.2, 0.25) is 0 Å². The van der Waals surface area contributed by atoms with Crippen LogP contribution < -0.4 is 0 Å². The van der Waals surface area contributed by atoms with Gasteiger partial charge in [-0.15, -0.1) is 0 Å². The molecule has 0 aliphatic heterocycles. The number of carbonyl (C=O) groups is 1. The summed E-state index contributed by atoms with van der Waals surface area (Å²) in [5.74, 6) is -1.24. The van der Waals surface area contributed by atoms with Crippen LogP contribution in [0, 0.1) is 5.92 Å². The van der Waals surface area contributed by atoms with E-state index in [9.17, 15) is 4.79 Å². The fraction of sp³-hybridized carbons (Fsp3) is 0.800. The topological polar surface area (TPSA) is 66.8 Å². The zero-order valence-corrected chi connectivity index (χ0v) is 5.37. The van der Waals surface area contributed by atoms with Crippen molar-refractivity contribution < 1.29 is 20.0 Å². The molecule has 2 N–H and O–H groups in total. The Bertz CT molecular complexity index is 99.1. The SMILES string of the molecule is CC(C)C(O)C(=O)OO. The molecule has 4 nitrogen and oxygen atoms in total. The maximum Gasteiger partial charge on any atom is 0.370 e. The highest BCUT2D eigenvalue weighted by Gasteiger charge is 2.19. The molecular formula is C5H10O4. The summed E-state index contributed by atoms with van der Waals surface area (Å²) in [6.45, 7) is 3.28. The number of aliphatic hydroxyl groups is 1. The van der Waals surface area contributed by atoms with Gasteiger partial charge in [-0.05, 0) is 5.92 Å². The molecule has 0 bridgehead atoms. The highest BCUT2D eigenvalue weighted by Crippen LogP contribution is 2.01. The Morgan fingerprint density at radius 2 is 2.00 bits per heavy atom. The molecule has 0 fully saturated rings. The fourth-order valence-electron chi connectivity index (χ4n) is 0.326. The molecule has 9 heavy (non-hydrogen) atoms. The lowest BCUT2D eigenvalue weighted by Gasteiger charge is -2.08. The molecule has 0 aliphatic carbocycles. The van der Waals surface area contributed by atoms with Gasteiger partial charge in [0.05, 0.1) is 0 Å². The van der Waals surface area contributed by atoms with E-state index in [-0.39, 0.29) is 5.92 Å². The number of carbonyl (C=O) groups excluding carboxylic acids is 1. The van der Waals surface area contributed by atoms with Crippen molar-refractivity contribution in [3.63, 3.8) is 0 Å². The second kappa shape index (κ2) is 3.42. The van der Waals surface area contributed by atoms with Gasteiger partial charge in [-0.1, -0.05) is 13.8 Å². The minimum absolute atomic E-state index is 0.232. The maximum absolute atomic E-state index is 10.2. The molecule has 0 saturated carbocycles. The van der Waals surface area contributed by atoms with Gasteiger partial charge in [0.25, 0.3) is 0 Å². The monoisotopic (exact) mass is 134 g/mol. The van der Waals surface area contributed by atoms with E-state index in [1.54, 1.807) is 13.8 Å². The van der Waals surface area contributed by atoms with E-state index < -0.39 is 12.1 Å². The highest BCUT2D eigenvalue weighted by atomic mass is 17.1. The average molecular weight is 134 g/mol. The van der Waals surface area contributed by atoms with E-state index >= 15 is 0 Å². The van der Waals surface area contributed by atoms with Crippen LogP contribution in [0.25, 0.3) is 0 Å². The smallest absolute Gasteiger partial charge is 0.370 e. The van der Waals surface area contributed by atoms with Crippen LogP contribution in [-0.2, 0) is 9.68 Å². The van der Waals surface area contributed by atoms with Crippen molar-refractivity contribution in [1.29, 1.82) is 0 Å². The maximum atomic E-state index is 10.2. The number of hydrogen-bond acceptors (Lipinski definition) is 4. The molecule has 0 radical (unpaired) electrons. The number of rotatable bonds is 2. The summed E-state index contributed by atoms with van der Waals surface area (Å²) in [6, 6.07) is 0. The summed E-state index contributed by atoms with van der Waals surface area (Å²) in [6.07, 6.45) is -1.23. The summed E-state index contributed by atoms with van der Waals surface area (Å²) < 4.78 is 0. The Morgan fingerprint density at radius 3 is 2.11 bits per heavy atom. The van der Waals surface area contributed by atoms with E-state index in [0.717, 1.165) is 0 Å². The van der Waals surface area contributed by atoms with Crippen LogP contribution in [0.3, 0.4) is 0 Å². The van der Waals surface area contributed by atoms with Gasteiger partial charge in [-0.2, -0.15) is 5.26 Å². The largest absolute Gasteiger partial charge is 0.381 e. The van der Waals surface area contributed by atoms with E-state index in [0.29, 0.717) is 0 Å². The third kappa shape index (κ3) is 2.43. The molecule has 0 saturated heterocycles. The molecule has 0 aliphatic rings. The Hall–Kier alpha value is -0.610. The molecule has 0 spiro atoms. The molecule has 0 amide bonds. The van der Waals surface area contributed by atoms with E-state index in [2.05, 4.69) is 4.89 Å². The van der Waals surface area contributed by atoms with Crippen molar-refractivity contribution in [1.82, 2.24) is 0 Å². The molecule has 54 valence electrons. The lowest BCUT2D eigenvalue weighted by atomic mass is 10.1. The van der Waals surface area contributed by atoms with Crippen molar-refractivity contribution >= 4 is 5.97 Å². The molecule has 0 aromatic rings. The normalized spacial score (nSPS) is 13.4. The van der Waals surface area contributed by atoms with Crippen molar-refractivity contribution in [3.05, 3.63) is 0 Å². The Kier molecular flexibility index (Phi) is 3.19. The minimum Gasteiger partial charge on any atom is -0.381 e. The second-order valence-electron chi connectivity index (χ2n) is 2.10. The second-order valence-corrected chi connectivity index (χ2v) is 2.10. The molecule has 0 aromatic heterocycles. The lowest BCUT2D eigenvalue weighted by molar-refractivity contribution is -0.244. The van der Waals surface area contributed by atoms with Crippen molar-refractivity contribution in [3.8, 4) is 0 Å². The predicted molar refractivity (Wildman–Crippen MR) is 29.6 cm³/mol. The summed E-state index contributed by atoms with van der Waals surface area (Å²) >= 11 is 0. The van der Waals surface area contributed by atoms with E-state index in [1.807, 2.05) is 0 Å². The molecule has 4 heteroatoms. The summed E-state index contributed by atoms with van der Waals surface area (Å²) in [4.78, 5) is 13.5. The van der Waals surface area contributed by atoms with Gasteiger partial charge >= 0.3 is 5.97 Å². The summed E-state index contributed by atoms with van der Waals surface area (Å²) in [5, 5.41) is 16.5. The Morgan fingerprint density at radius 1 is 1.56 bits per heavy atom.